The molecule has 13 heteroatoms. The number of carbonyl (C=O) groups is 1. The van der Waals surface area contributed by atoms with E-state index in [1.807, 2.05) is 0 Å². The minimum absolute atomic E-state index is 0. The predicted octanol–water partition coefficient (Wildman–Crippen LogP) is 1.49. The van der Waals surface area contributed by atoms with Crippen LogP contribution in [0.1, 0.15) is 0 Å². The fraction of sp³-hybridized carbons (Fsp3) is 0.227. The lowest BCUT2D eigenvalue weighted by Crippen LogP contribution is -2.28. The third-order valence-corrected chi connectivity index (χ3v) is 4.72. The molecule has 10 nitrogen and oxygen atoms in total. The van der Waals surface area contributed by atoms with Gasteiger partial charge < -0.3 is 24.3 Å². The Hall–Kier alpha value is -3.58. The van der Waals surface area contributed by atoms with Gasteiger partial charge in [-0.3, -0.25) is 24.1 Å². The van der Waals surface area contributed by atoms with Gasteiger partial charge in [-0.15, -0.1) is 12.4 Å². The van der Waals surface area contributed by atoms with E-state index in [1.54, 1.807) is 6.07 Å². The van der Waals surface area contributed by atoms with Crippen molar-refractivity contribution in [2.75, 3.05) is 14.2 Å². The fourth-order valence-corrected chi connectivity index (χ4v) is 3.13. The Morgan fingerprint density at radius 2 is 1.34 bits per heavy atom. The van der Waals surface area contributed by atoms with Gasteiger partial charge in [0.05, 0.1) is 47.6 Å². The molecule has 4 rings (SSSR count). The summed E-state index contributed by atoms with van der Waals surface area (Å²) in [5, 5.41) is 0. The van der Waals surface area contributed by atoms with Crippen molar-refractivity contribution in [2.24, 2.45) is 0 Å². The third kappa shape index (κ3) is 6.96. The maximum Gasteiger partial charge on any atom is 0.251 e. The minimum Gasteiger partial charge on any atom is -0.412 e. The molecule has 4 aromatic rings. The van der Waals surface area contributed by atoms with Crippen molar-refractivity contribution in [3.8, 4) is 0 Å². The normalized spacial score (nSPS) is 10.3. The van der Waals surface area contributed by atoms with Gasteiger partial charge in [-0.2, -0.15) is 0 Å². The van der Waals surface area contributed by atoms with Crippen molar-refractivity contribution < 1.29 is 28.5 Å². The molecule has 0 aliphatic rings. The van der Waals surface area contributed by atoms with E-state index in [9.17, 15) is 23.2 Å². The molecule has 0 fully saturated rings. The van der Waals surface area contributed by atoms with E-state index in [2.05, 4.69) is 9.97 Å². The van der Waals surface area contributed by atoms with Crippen LogP contribution in [-0.2, 0) is 27.4 Å². The summed E-state index contributed by atoms with van der Waals surface area (Å²) in [6, 6.07) is 8.20. The fourth-order valence-electron chi connectivity index (χ4n) is 3.13. The van der Waals surface area contributed by atoms with Crippen molar-refractivity contribution in [3.05, 3.63) is 81.1 Å². The van der Waals surface area contributed by atoms with Gasteiger partial charge in [0.25, 0.3) is 11.1 Å². The van der Waals surface area contributed by atoms with Crippen LogP contribution in [0.2, 0.25) is 0 Å². The molecule has 0 radical (unpaired) electrons. The van der Waals surface area contributed by atoms with Gasteiger partial charge >= 0.3 is 0 Å². The van der Waals surface area contributed by atoms with Crippen LogP contribution in [0.4, 0.5) is 8.78 Å². The average Bonchev–Trinajstić information content (AvgIpc) is 2.81. The molecule has 0 atom stereocenters. The first-order valence-electron chi connectivity index (χ1n) is 9.67. The van der Waals surface area contributed by atoms with Crippen LogP contribution in [0.3, 0.4) is 0 Å². The van der Waals surface area contributed by atoms with Crippen LogP contribution in [0.5, 0.6) is 0 Å². The molecule has 2 N–H and O–H groups in total. The standard InChI is InChI=1S/C12H13FN2O3.C10H7FN2O2.ClH.H2O/c1-17-12(18-2)7-15-10-5-8(13)6-14-9(10)3-4-11(15)16;11-7-5-9-8(12-6-7)1-2-10(15)13(9)3-4-14;;/h3-6,12H,7H2,1-2H3;1-2,4-6H,3H2;1H;1H2. The average molecular weight is 513 g/mol. The number of carbonyl (C=O) groups excluding carboxylic acids is 1. The Morgan fingerprint density at radius 3 is 1.80 bits per heavy atom. The second kappa shape index (κ2) is 13.3. The topological polar surface area (TPSA) is 137 Å². The summed E-state index contributed by atoms with van der Waals surface area (Å²) in [4.78, 5) is 41.3. The highest BCUT2D eigenvalue weighted by molar-refractivity contribution is 5.85. The van der Waals surface area contributed by atoms with Crippen LogP contribution in [0, 0.1) is 11.6 Å². The smallest absolute Gasteiger partial charge is 0.251 e. The Kier molecular flexibility index (Phi) is 11.2. The third-order valence-electron chi connectivity index (χ3n) is 4.72. The lowest BCUT2D eigenvalue weighted by molar-refractivity contribution is -0.110. The highest BCUT2D eigenvalue weighted by Gasteiger charge is 2.11. The largest absolute Gasteiger partial charge is 0.412 e. The Labute approximate surface area is 203 Å². The Bertz CT molecular complexity index is 1410. The van der Waals surface area contributed by atoms with E-state index in [0.717, 1.165) is 12.4 Å². The van der Waals surface area contributed by atoms with Gasteiger partial charge in [0, 0.05) is 38.5 Å². The molecule has 0 aromatic carbocycles. The molecule has 0 saturated heterocycles. The molecular weight excluding hydrogens is 490 g/mol. The quantitative estimate of drug-likeness (QED) is 0.282. The van der Waals surface area contributed by atoms with E-state index in [1.165, 1.54) is 53.7 Å². The zero-order chi connectivity index (χ0) is 24.0. The van der Waals surface area contributed by atoms with E-state index < -0.39 is 17.9 Å². The van der Waals surface area contributed by atoms with Crippen LogP contribution in [0.15, 0.2) is 58.4 Å². The summed E-state index contributed by atoms with van der Waals surface area (Å²) >= 11 is 0. The molecule has 0 saturated carbocycles. The summed E-state index contributed by atoms with van der Waals surface area (Å²) in [6.07, 6.45) is 2.20. The van der Waals surface area contributed by atoms with Gasteiger partial charge in [-0.1, -0.05) is 0 Å². The highest BCUT2D eigenvalue weighted by Crippen LogP contribution is 2.12. The second-order valence-electron chi connectivity index (χ2n) is 6.75. The number of halogens is 3. The van der Waals surface area contributed by atoms with Crippen molar-refractivity contribution in [1.29, 1.82) is 0 Å². The highest BCUT2D eigenvalue weighted by atomic mass is 35.5. The first kappa shape index (κ1) is 29.5. The van der Waals surface area contributed by atoms with Crippen molar-refractivity contribution in [1.82, 2.24) is 19.1 Å². The molecule has 0 spiro atoms. The molecule has 35 heavy (non-hydrogen) atoms. The molecule has 4 aromatic heterocycles. The van der Waals surface area contributed by atoms with Crippen LogP contribution in [-0.4, -0.2) is 51.4 Å². The molecule has 0 amide bonds. The van der Waals surface area contributed by atoms with Crippen molar-refractivity contribution in [3.63, 3.8) is 0 Å². The minimum atomic E-state index is -0.573. The summed E-state index contributed by atoms with van der Waals surface area (Å²) in [5.41, 5.74) is 1.17. The molecule has 0 unspecified atom stereocenters. The summed E-state index contributed by atoms with van der Waals surface area (Å²) < 4.78 is 38.8. The van der Waals surface area contributed by atoms with E-state index >= 15 is 0 Å². The molecule has 0 bridgehead atoms. The van der Waals surface area contributed by atoms with Crippen LogP contribution >= 0.6 is 12.4 Å². The number of fused-ring (bicyclic) bond motifs is 2. The number of aldehydes is 1. The summed E-state index contributed by atoms with van der Waals surface area (Å²) in [6.45, 7) is 0.0790. The van der Waals surface area contributed by atoms with Crippen molar-refractivity contribution >= 4 is 40.8 Å². The van der Waals surface area contributed by atoms with Gasteiger partial charge in [0.1, 0.15) is 17.9 Å². The van der Waals surface area contributed by atoms with Crippen molar-refractivity contribution in [2.45, 2.75) is 19.4 Å². The summed E-state index contributed by atoms with van der Waals surface area (Å²) in [5.74, 6) is -1.03. The second-order valence-corrected chi connectivity index (χ2v) is 6.75. The maximum absolute atomic E-state index is 13.2. The SMILES string of the molecule is COC(Cn1c(=O)ccc2ncc(F)cc21)OC.Cl.O.O=CCn1c(=O)ccc2ncc(F)cc21. The van der Waals surface area contributed by atoms with Crippen LogP contribution < -0.4 is 11.1 Å². The molecule has 0 aliphatic heterocycles. The first-order valence-corrected chi connectivity index (χ1v) is 9.67. The van der Waals surface area contributed by atoms with E-state index in [4.69, 9.17) is 9.47 Å². The number of pyridine rings is 4. The molecular formula is C22H23ClF2N4O6. The molecule has 4 heterocycles. The first-order chi connectivity index (χ1) is 15.9. The number of rotatable bonds is 6. The van der Waals surface area contributed by atoms with Crippen LogP contribution in [0.25, 0.3) is 22.1 Å². The number of ether oxygens (including phenoxy) is 2. The Balaban J connectivity index is 0.000000336. The van der Waals surface area contributed by atoms with E-state index in [-0.39, 0.29) is 42.1 Å². The maximum atomic E-state index is 13.2. The predicted molar refractivity (Wildman–Crippen MR) is 127 cm³/mol. The lowest BCUT2D eigenvalue weighted by atomic mass is 10.3. The number of nitrogens with zero attached hydrogens (tertiary/aromatic N) is 4. The van der Waals surface area contributed by atoms with E-state index in [0.29, 0.717) is 28.4 Å². The monoisotopic (exact) mass is 512 g/mol. The van der Waals surface area contributed by atoms with Gasteiger partial charge in [0.15, 0.2) is 6.29 Å². The lowest BCUT2D eigenvalue weighted by Gasteiger charge is -2.16. The number of methoxy groups -OCH3 is 2. The number of aromatic nitrogens is 4. The summed E-state index contributed by atoms with van der Waals surface area (Å²) in [7, 11) is 2.95. The Morgan fingerprint density at radius 1 is 0.886 bits per heavy atom. The zero-order valence-corrected chi connectivity index (χ0v) is 19.5. The number of hydrogen-bond donors (Lipinski definition) is 0. The molecule has 0 aliphatic carbocycles. The van der Waals surface area contributed by atoms with Gasteiger partial charge in [0.2, 0.25) is 0 Å². The molecule has 188 valence electrons. The van der Waals surface area contributed by atoms with Gasteiger partial charge in [-0.05, 0) is 12.1 Å². The zero-order valence-electron chi connectivity index (χ0n) is 18.7. The van der Waals surface area contributed by atoms with Gasteiger partial charge in [-0.25, -0.2) is 8.78 Å². The number of hydrogen-bond acceptors (Lipinski definition) is 7.